The van der Waals surface area contributed by atoms with Gasteiger partial charge >= 0.3 is 0 Å². The number of hydrogen-bond donors (Lipinski definition) is 4. The third-order valence-electron chi connectivity index (χ3n) is 13.4. The van der Waals surface area contributed by atoms with E-state index in [-0.39, 0.29) is 56.4 Å². The zero-order valence-corrected chi connectivity index (χ0v) is 45.7. The third kappa shape index (κ3) is 41.5. The second-order valence-electron chi connectivity index (χ2n) is 20.0. The molecule has 0 spiro atoms. The van der Waals surface area contributed by atoms with Gasteiger partial charge in [-0.05, 0) is 64.7 Å². The molecule has 69 heavy (non-hydrogen) atoms. The van der Waals surface area contributed by atoms with Crippen LogP contribution < -0.4 is 22.1 Å². The number of nitrogens with two attached hydrogens (primary N) is 2. The number of carbonyl (C=O) groups is 5. The molecule has 0 aliphatic heterocycles. The van der Waals surface area contributed by atoms with Gasteiger partial charge in [-0.2, -0.15) is 0 Å². The van der Waals surface area contributed by atoms with E-state index in [0.717, 1.165) is 122 Å². The minimum Gasteiger partial charge on any atom is -0.368 e. The van der Waals surface area contributed by atoms with E-state index in [1.54, 1.807) is 14.7 Å². The summed E-state index contributed by atoms with van der Waals surface area (Å²) in [4.78, 5) is 75.6. The number of nitrogens with zero attached hydrogens (tertiary/aromatic N) is 4. The molecule has 0 aliphatic rings. The van der Waals surface area contributed by atoms with Gasteiger partial charge in [0.2, 0.25) is 29.5 Å². The van der Waals surface area contributed by atoms with E-state index in [2.05, 4.69) is 38.3 Å². The molecule has 0 atom stereocenters. The summed E-state index contributed by atoms with van der Waals surface area (Å²) in [5.41, 5.74) is 11.3. The summed E-state index contributed by atoms with van der Waals surface area (Å²) in [5, 5.41) is 6.69. The standard InChI is InChI=1S/C56H112N8O5/c1-5-9-13-17-21-25-29-33-43-61(48-52(58)65)54(67)50-63(45-35-31-27-23-19-15-11-7-3)56(69)51-64(46-36-32-28-24-20-16-12-8-4)55(68)49-62(44-34-30-26-22-18-14-10-6-2)53(66)47-60-42-38-41-59-40-37-39-57/h59-60H,5-51,57H2,1-4H3,(H2,58,65). The SMILES string of the molecule is CCCCCCCCCCN(CC(N)=O)C(=O)CN(CCCCCCCCCC)C(=O)CN(CCCCCCCCCC)C(=O)CN(CCCCCCCCCC)C(=O)CNCCCNCCCN. The molecule has 0 fully saturated rings. The van der Waals surface area contributed by atoms with E-state index in [1.165, 1.54) is 114 Å². The van der Waals surface area contributed by atoms with Crippen LogP contribution >= 0.6 is 0 Å². The van der Waals surface area contributed by atoms with Gasteiger partial charge in [-0.15, -0.1) is 0 Å². The van der Waals surface area contributed by atoms with Gasteiger partial charge in [0.1, 0.15) is 0 Å². The number of primary amides is 1. The van der Waals surface area contributed by atoms with E-state index < -0.39 is 5.91 Å². The van der Waals surface area contributed by atoms with Crippen molar-refractivity contribution in [1.29, 1.82) is 0 Å². The molecule has 0 rings (SSSR count). The Morgan fingerprint density at radius 2 is 0.580 bits per heavy atom. The van der Waals surface area contributed by atoms with Crippen molar-refractivity contribution >= 4 is 29.5 Å². The number of nitrogens with one attached hydrogen (secondary N) is 2. The molecule has 5 amide bonds. The lowest BCUT2D eigenvalue weighted by molar-refractivity contribution is -0.146. The van der Waals surface area contributed by atoms with Crippen molar-refractivity contribution in [3.63, 3.8) is 0 Å². The normalized spacial score (nSPS) is 11.3. The molecular formula is C56H112N8O5. The fourth-order valence-electron chi connectivity index (χ4n) is 8.89. The predicted octanol–water partition coefficient (Wildman–Crippen LogP) is 10.3. The van der Waals surface area contributed by atoms with Gasteiger partial charge in [0.05, 0.1) is 32.7 Å². The zero-order valence-electron chi connectivity index (χ0n) is 45.7. The molecule has 0 heterocycles. The van der Waals surface area contributed by atoms with E-state index in [0.29, 0.717) is 39.3 Å². The second-order valence-corrected chi connectivity index (χ2v) is 20.0. The Labute approximate surface area is 424 Å². The Morgan fingerprint density at radius 1 is 0.319 bits per heavy atom. The summed E-state index contributed by atoms with van der Waals surface area (Å²) in [6, 6.07) is 0. The Balaban J connectivity index is 6.24. The Kier molecular flexibility index (Phi) is 48.2. The van der Waals surface area contributed by atoms with Crippen molar-refractivity contribution in [3.8, 4) is 0 Å². The zero-order chi connectivity index (χ0) is 50.8. The smallest absolute Gasteiger partial charge is 0.242 e. The number of hydrogen-bond acceptors (Lipinski definition) is 8. The molecule has 6 N–H and O–H groups in total. The number of carbonyl (C=O) groups excluding carboxylic acids is 5. The van der Waals surface area contributed by atoms with E-state index >= 15 is 0 Å². The molecule has 0 saturated heterocycles. The van der Waals surface area contributed by atoms with E-state index in [1.807, 2.05) is 0 Å². The van der Waals surface area contributed by atoms with Crippen LogP contribution in [0.3, 0.4) is 0 Å². The summed E-state index contributed by atoms with van der Waals surface area (Å²) in [6.07, 6.45) is 37.4. The second kappa shape index (κ2) is 50.2. The quantitative estimate of drug-likeness (QED) is 0.0436. The fourth-order valence-corrected chi connectivity index (χ4v) is 8.89. The van der Waals surface area contributed by atoms with Crippen LogP contribution in [0.1, 0.15) is 246 Å². The van der Waals surface area contributed by atoms with Crippen LogP contribution in [0.5, 0.6) is 0 Å². The van der Waals surface area contributed by atoms with Crippen molar-refractivity contribution in [1.82, 2.24) is 30.2 Å². The molecular weight excluding hydrogens is 865 g/mol. The molecule has 0 bridgehead atoms. The highest BCUT2D eigenvalue weighted by molar-refractivity contribution is 5.91. The molecule has 0 saturated carbocycles. The van der Waals surface area contributed by atoms with Crippen molar-refractivity contribution in [2.24, 2.45) is 11.5 Å². The molecule has 406 valence electrons. The maximum atomic E-state index is 14.5. The first-order valence-corrected chi connectivity index (χ1v) is 29.2. The largest absolute Gasteiger partial charge is 0.368 e. The van der Waals surface area contributed by atoms with Crippen LogP contribution in [0.25, 0.3) is 0 Å². The Hall–Kier alpha value is -2.77. The Bertz CT molecular complexity index is 1230. The van der Waals surface area contributed by atoms with E-state index in [9.17, 15) is 24.0 Å². The van der Waals surface area contributed by atoms with Crippen LogP contribution in [0.2, 0.25) is 0 Å². The van der Waals surface area contributed by atoms with E-state index in [4.69, 9.17) is 11.5 Å². The van der Waals surface area contributed by atoms with Crippen molar-refractivity contribution in [3.05, 3.63) is 0 Å². The van der Waals surface area contributed by atoms with Crippen LogP contribution in [-0.2, 0) is 24.0 Å². The number of amides is 5. The minimum atomic E-state index is -0.567. The Morgan fingerprint density at radius 3 is 0.884 bits per heavy atom. The maximum Gasteiger partial charge on any atom is 0.242 e. The lowest BCUT2D eigenvalue weighted by Crippen LogP contribution is -2.51. The van der Waals surface area contributed by atoms with Crippen LogP contribution in [0.4, 0.5) is 0 Å². The average Bonchev–Trinajstić information content (AvgIpc) is 3.33. The maximum absolute atomic E-state index is 14.5. The molecule has 0 aromatic heterocycles. The molecule has 13 nitrogen and oxygen atoms in total. The summed E-state index contributed by atoms with van der Waals surface area (Å²) in [6.45, 7) is 13.3. The first kappa shape index (κ1) is 66.2. The highest BCUT2D eigenvalue weighted by Crippen LogP contribution is 2.14. The van der Waals surface area contributed by atoms with Crippen molar-refractivity contribution in [2.45, 2.75) is 246 Å². The lowest BCUT2D eigenvalue weighted by Gasteiger charge is -2.31. The van der Waals surface area contributed by atoms with Gasteiger partial charge in [-0.3, -0.25) is 24.0 Å². The summed E-state index contributed by atoms with van der Waals surface area (Å²) in [5.74, 6) is -1.46. The van der Waals surface area contributed by atoms with Gasteiger partial charge in [-0.1, -0.05) is 207 Å². The molecule has 0 unspecified atom stereocenters. The van der Waals surface area contributed by atoms with Crippen LogP contribution in [-0.4, -0.2) is 134 Å². The first-order chi connectivity index (χ1) is 33.6. The fraction of sp³-hybridized carbons (Fsp3) is 0.911. The topological polar surface area (TPSA) is 174 Å². The molecule has 0 aromatic rings. The highest BCUT2D eigenvalue weighted by Gasteiger charge is 2.27. The number of rotatable bonds is 53. The summed E-state index contributed by atoms with van der Waals surface area (Å²) >= 11 is 0. The highest BCUT2D eigenvalue weighted by atomic mass is 16.2. The molecule has 0 radical (unpaired) electrons. The monoisotopic (exact) mass is 977 g/mol. The van der Waals surface area contributed by atoms with Gasteiger partial charge < -0.3 is 41.7 Å². The average molecular weight is 978 g/mol. The number of unbranched alkanes of at least 4 members (excludes halogenated alkanes) is 28. The summed E-state index contributed by atoms with van der Waals surface area (Å²) < 4.78 is 0. The predicted molar refractivity (Wildman–Crippen MR) is 290 cm³/mol. The van der Waals surface area contributed by atoms with Crippen molar-refractivity contribution in [2.75, 3.05) is 85.1 Å². The lowest BCUT2D eigenvalue weighted by atomic mass is 10.1. The first-order valence-electron chi connectivity index (χ1n) is 29.2. The van der Waals surface area contributed by atoms with Gasteiger partial charge in [-0.25, -0.2) is 0 Å². The van der Waals surface area contributed by atoms with Crippen LogP contribution in [0.15, 0.2) is 0 Å². The molecule has 13 heteroatoms. The third-order valence-corrected chi connectivity index (χ3v) is 13.4. The van der Waals surface area contributed by atoms with Gasteiger partial charge in [0, 0.05) is 26.2 Å². The molecule has 0 aromatic carbocycles. The van der Waals surface area contributed by atoms with Crippen molar-refractivity contribution < 1.29 is 24.0 Å². The molecule has 0 aliphatic carbocycles. The minimum absolute atomic E-state index is 0.0795. The van der Waals surface area contributed by atoms with Gasteiger partial charge in [0.25, 0.3) is 0 Å². The van der Waals surface area contributed by atoms with Gasteiger partial charge in [0.15, 0.2) is 0 Å². The van der Waals surface area contributed by atoms with Crippen LogP contribution in [0, 0.1) is 0 Å². The summed E-state index contributed by atoms with van der Waals surface area (Å²) in [7, 11) is 0.